The molecule has 2 aromatic heterocycles. The zero-order chi connectivity index (χ0) is 19.6. The third-order valence-corrected chi connectivity index (χ3v) is 5.58. The minimum absolute atomic E-state index is 0.0413. The average molecular weight is 390 g/mol. The molecule has 0 saturated carbocycles. The number of carboxylic acids is 1. The molecule has 1 aromatic carbocycles. The second-order valence-corrected chi connectivity index (χ2v) is 7.67. The number of benzene rings is 1. The van der Waals surface area contributed by atoms with Gasteiger partial charge in [0.25, 0.3) is 0 Å². The van der Waals surface area contributed by atoms with Crippen LogP contribution in [0.25, 0.3) is 11.0 Å². The van der Waals surface area contributed by atoms with Crippen LogP contribution in [0.5, 0.6) is 5.75 Å². The first-order chi connectivity index (χ1) is 12.8. The molecule has 0 aliphatic carbocycles. The van der Waals surface area contributed by atoms with Gasteiger partial charge in [-0.1, -0.05) is 0 Å². The molecular formula is C18H18N2O6S. The minimum Gasteiger partial charge on any atom is -0.495 e. The normalized spacial score (nSPS) is 11.6. The fourth-order valence-electron chi connectivity index (χ4n) is 2.70. The standard InChI is InChI=1S/C18H18N2O6S/c1-11-15-8-14(3-4-16(15)26-17(11)18(21)22)27(23,24)20-6-5-12-7-13(25-2)10-19-9-12/h3-4,7-10,20H,5-6H2,1-2H3,(H,21,22). The van der Waals surface area contributed by atoms with Gasteiger partial charge in [0, 0.05) is 23.7 Å². The van der Waals surface area contributed by atoms with E-state index in [4.69, 9.17) is 14.3 Å². The van der Waals surface area contributed by atoms with E-state index in [2.05, 4.69) is 9.71 Å². The fourth-order valence-corrected chi connectivity index (χ4v) is 3.75. The van der Waals surface area contributed by atoms with Crippen molar-refractivity contribution in [1.82, 2.24) is 9.71 Å². The van der Waals surface area contributed by atoms with Gasteiger partial charge >= 0.3 is 5.97 Å². The fraction of sp³-hybridized carbons (Fsp3) is 0.222. The number of carboxylic acid groups (broad SMARTS) is 1. The lowest BCUT2D eigenvalue weighted by Crippen LogP contribution is -2.26. The molecule has 27 heavy (non-hydrogen) atoms. The molecule has 2 N–H and O–H groups in total. The van der Waals surface area contributed by atoms with Crippen molar-refractivity contribution in [2.45, 2.75) is 18.2 Å². The van der Waals surface area contributed by atoms with Crippen molar-refractivity contribution in [3.63, 3.8) is 0 Å². The first-order valence-corrected chi connectivity index (χ1v) is 9.54. The maximum Gasteiger partial charge on any atom is 0.372 e. The number of fused-ring (bicyclic) bond motifs is 1. The summed E-state index contributed by atoms with van der Waals surface area (Å²) in [4.78, 5) is 15.2. The second-order valence-electron chi connectivity index (χ2n) is 5.90. The van der Waals surface area contributed by atoms with Crippen LogP contribution in [0.1, 0.15) is 21.7 Å². The van der Waals surface area contributed by atoms with Crippen molar-refractivity contribution in [2.75, 3.05) is 13.7 Å². The highest BCUT2D eigenvalue weighted by molar-refractivity contribution is 7.89. The predicted molar refractivity (Wildman–Crippen MR) is 97.6 cm³/mol. The van der Waals surface area contributed by atoms with Gasteiger partial charge in [0.05, 0.1) is 18.2 Å². The van der Waals surface area contributed by atoms with E-state index in [0.717, 1.165) is 5.56 Å². The molecule has 3 aromatic rings. The van der Waals surface area contributed by atoms with Crippen LogP contribution >= 0.6 is 0 Å². The molecule has 0 aliphatic rings. The van der Waals surface area contributed by atoms with Gasteiger partial charge < -0.3 is 14.3 Å². The summed E-state index contributed by atoms with van der Waals surface area (Å²) in [5.41, 5.74) is 1.55. The van der Waals surface area contributed by atoms with Crippen LogP contribution in [0.15, 0.2) is 46.0 Å². The molecule has 0 unspecified atom stereocenters. The van der Waals surface area contributed by atoms with E-state index >= 15 is 0 Å². The Kier molecular flexibility index (Phi) is 5.15. The molecule has 2 heterocycles. The number of aromatic nitrogens is 1. The zero-order valence-electron chi connectivity index (χ0n) is 14.7. The summed E-state index contributed by atoms with van der Waals surface area (Å²) >= 11 is 0. The van der Waals surface area contributed by atoms with Crippen molar-refractivity contribution in [3.05, 3.63) is 53.5 Å². The highest BCUT2D eigenvalue weighted by atomic mass is 32.2. The molecule has 0 fully saturated rings. The Morgan fingerprint density at radius 3 is 2.78 bits per heavy atom. The molecule has 0 bridgehead atoms. The summed E-state index contributed by atoms with van der Waals surface area (Å²) in [6, 6.07) is 6.04. The highest BCUT2D eigenvalue weighted by Gasteiger charge is 2.20. The molecule has 142 valence electrons. The maximum absolute atomic E-state index is 12.5. The number of furan rings is 1. The van der Waals surface area contributed by atoms with Gasteiger partial charge in [-0.3, -0.25) is 4.98 Å². The Balaban J connectivity index is 1.78. The molecule has 0 radical (unpaired) electrons. The molecule has 9 heteroatoms. The monoisotopic (exact) mass is 390 g/mol. The first-order valence-electron chi connectivity index (χ1n) is 8.06. The molecule has 0 atom stereocenters. The first kappa shape index (κ1) is 18.9. The summed E-state index contributed by atoms with van der Waals surface area (Å²) in [7, 11) is -2.22. The molecule has 0 saturated heterocycles. The van der Waals surface area contributed by atoms with Gasteiger partial charge in [0.2, 0.25) is 15.8 Å². The summed E-state index contributed by atoms with van der Waals surface area (Å²) < 4.78 is 38.0. The van der Waals surface area contributed by atoms with E-state index in [0.29, 0.717) is 28.7 Å². The Hall–Kier alpha value is -2.91. The number of ether oxygens (including phenoxy) is 1. The Bertz CT molecular complexity index is 1100. The molecule has 0 amide bonds. The number of carbonyl (C=O) groups is 1. The van der Waals surface area contributed by atoms with Crippen molar-refractivity contribution >= 4 is 27.0 Å². The van der Waals surface area contributed by atoms with E-state index in [1.54, 1.807) is 25.4 Å². The molecular weight excluding hydrogens is 372 g/mol. The number of aryl methyl sites for hydroxylation is 1. The predicted octanol–water partition coefficient (Wildman–Crippen LogP) is 2.36. The van der Waals surface area contributed by atoms with Crippen LogP contribution in [-0.2, 0) is 16.4 Å². The smallest absolute Gasteiger partial charge is 0.372 e. The van der Waals surface area contributed by atoms with E-state index in [9.17, 15) is 13.2 Å². The number of sulfonamides is 1. The van der Waals surface area contributed by atoms with E-state index in [1.807, 2.05) is 0 Å². The lowest BCUT2D eigenvalue weighted by atomic mass is 10.1. The van der Waals surface area contributed by atoms with Crippen LogP contribution in [-0.4, -0.2) is 38.1 Å². The number of hydrogen-bond donors (Lipinski definition) is 2. The molecule has 0 aliphatic heterocycles. The third-order valence-electron chi connectivity index (χ3n) is 4.12. The second kappa shape index (κ2) is 7.37. The van der Waals surface area contributed by atoms with E-state index in [1.165, 1.54) is 25.3 Å². The van der Waals surface area contributed by atoms with Crippen LogP contribution in [0.2, 0.25) is 0 Å². The quantitative estimate of drug-likeness (QED) is 0.635. The number of nitrogens with zero attached hydrogens (tertiary/aromatic N) is 1. The van der Waals surface area contributed by atoms with Crippen LogP contribution in [0.3, 0.4) is 0 Å². The van der Waals surface area contributed by atoms with Gasteiger partial charge in [-0.25, -0.2) is 17.9 Å². The summed E-state index contributed by atoms with van der Waals surface area (Å²) in [6.07, 6.45) is 3.66. The molecule has 3 rings (SSSR count). The van der Waals surface area contributed by atoms with E-state index in [-0.39, 0.29) is 17.2 Å². The van der Waals surface area contributed by atoms with Crippen LogP contribution < -0.4 is 9.46 Å². The van der Waals surface area contributed by atoms with Crippen molar-refractivity contribution in [3.8, 4) is 5.75 Å². The SMILES string of the molecule is COc1cncc(CCNS(=O)(=O)c2ccc3oc(C(=O)O)c(C)c3c2)c1. The van der Waals surface area contributed by atoms with Gasteiger partial charge in [-0.05, 0) is 43.2 Å². The van der Waals surface area contributed by atoms with Gasteiger partial charge in [-0.2, -0.15) is 0 Å². The molecule has 0 spiro atoms. The van der Waals surface area contributed by atoms with Gasteiger partial charge in [-0.15, -0.1) is 0 Å². The van der Waals surface area contributed by atoms with Gasteiger partial charge in [0.1, 0.15) is 11.3 Å². The lowest BCUT2D eigenvalue weighted by molar-refractivity contribution is 0.0664. The summed E-state index contributed by atoms with van der Waals surface area (Å²) in [5, 5.41) is 9.57. The van der Waals surface area contributed by atoms with Gasteiger partial charge in [0.15, 0.2) is 0 Å². The highest BCUT2D eigenvalue weighted by Crippen LogP contribution is 2.27. The zero-order valence-corrected chi connectivity index (χ0v) is 15.5. The number of nitrogens with one attached hydrogen (secondary N) is 1. The minimum atomic E-state index is -3.76. The Labute approximate surface area is 155 Å². The summed E-state index contributed by atoms with van der Waals surface area (Å²) in [6.45, 7) is 1.76. The number of hydrogen-bond acceptors (Lipinski definition) is 6. The summed E-state index contributed by atoms with van der Waals surface area (Å²) in [5.74, 6) is -0.790. The third kappa shape index (κ3) is 3.93. The number of rotatable bonds is 7. The van der Waals surface area contributed by atoms with Crippen molar-refractivity contribution in [2.24, 2.45) is 0 Å². The van der Waals surface area contributed by atoms with Crippen molar-refractivity contribution in [1.29, 1.82) is 0 Å². The number of pyridine rings is 1. The molecule has 8 nitrogen and oxygen atoms in total. The van der Waals surface area contributed by atoms with E-state index < -0.39 is 16.0 Å². The number of aromatic carboxylic acids is 1. The lowest BCUT2D eigenvalue weighted by Gasteiger charge is -2.08. The average Bonchev–Trinajstić information content (AvgIpc) is 2.98. The van der Waals surface area contributed by atoms with Crippen LogP contribution in [0, 0.1) is 6.92 Å². The maximum atomic E-state index is 12.5. The topological polar surface area (TPSA) is 119 Å². The largest absolute Gasteiger partial charge is 0.495 e. The van der Waals surface area contributed by atoms with Crippen LogP contribution in [0.4, 0.5) is 0 Å². The Morgan fingerprint density at radius 2 is 2.07 bits per heavy atom. The number of methoxy groups -OCH3 is 1. The van der Waals surface area contributed by atoms with Crippen molar-refractivity contribution < 1.29 is 27.5 Å². The Morgan fingerprint density at radius 1 is 1.30 bits per heavy atom.